The molecule has 2 heteroatoms. The van der Waals surface area contributed by atoms with Crippen molar-refractivity contribution < 1.29 is 0 Å². The van der Waals surface area contributed by atoms with Gasteiger partial charge in [0.25, 0.3) is 0 Å². The summed E-state index contributed by atoms with van der Waals surface area (Å²) >= 11 is 0. The van der Waals surface area contributed by atoms with Crippen LogP contribution in [0.2, 0.25) is 0 Å². The van der Waals surface area contributed by atoms with Crippen molar-refractivity contribution in [3.8, 4) is 66.8 Å². The predicted molar refractivity (Wildman–Crippen MR) is 323 cm³/mol. The second-order valence-corrected chi connectivity index (χ2v) is 19.2. The standard InChI is InChI=1S/C74H52N2/c1-5-19-53(20-6-1)55-33-41-61(42-34-55)75(73-51-49-67(57-23-9-3-10-24-57)69-29-15-17-31-71(69)73)63-45-37-59(38-46-63)65-27-13-14-28-66(65)60-39-47-64(48-40-60)76(62-43-35-56(36-44-62)54-21-7-2-8-22-54)74-52-50-68(58-25-11-4-12-26-58)70-30-16-18-32-72(70)74/h1-52H. The molecule has 0 fully saturated rings. The minimum absolute atomic E-state index is 1.08. The number of anilines is 6. The van der Waals surface area contributed by atoms with E-state index in [9.17, 15) is 0 Å². The van der Waals surface area contributed by atoms with E-state index in [-0.39, 0.29) is 0 Å². The summed E-state index contributed by atoms with van der Waals surface area (Å²) in [7, 11) is 0. The van der Waals surface area contributed by atoms with Crippen LogP contribution in [0.5, 0.6) is 0 Å². The van der Waals surface area contributed by atoms with Crippen molar-refractivity contribution in [3.63, 3.8) is 0 Å². The summed E-state index contributed by atoms with van der Waals surface area (Å²) in [5, 5.41) is 4.81. The Hall–Kier alpha value is -10.0. The van der Waals surface area contributed by atoms with Crippen molar-refractivity contribution in [2.75, 3.05) is 9.80 Å². The smallest absolute Gasteiger partial charge is 0.0540 e. The number of hydrogen-bond acceptors (Lipinski definition) is 2. The summed E-state index contributed by atoms with van der Waals surface area (Å²) in [5.41, 5.74) is 20.8. The Balaban J connectivity index is 0.874. The molecule has 0 spiro atoms. The van der Waals surface area contributed by atoms with E-state index in [4.69, 9.17) is 0 Å². The van der Waals surface area contributed by atoms with Crippen LogP contribution in [0.4, 0.5) is 34.1 Å². The third kappa shape index (κ3) is 8.89. The van der Waals surface area contributed by atoms with Crippen LogP contribution in [-0.2, 0) is 0 Å². The van der Waals surface area contributed by atoms with E-state index in [0.29, 0.717) is 0 Å². The van der Waals surface area contributed by atoms with Gasteiger partial charge in [0.1, 0.15) is 0 Å². The summed E-state index contributed by atoms with van der Waals surface area (Å²) in [6.07, 6.45) is 0. The molecule has 0 saturated carbocycles. The van der Waals surface area contributed by atoms with Crippen LogP contribution in [0.3, 0.4) is 0 Å². The van der Waals surface area contributed by atoms with Gasteiger partial charge in [0.2, 0.25) is 0 Å². The van der Waals surface area contributed by atoms with Crippen LogP contribution in [-0.4, -0.2) is 0 Å². The molecule has 0 aromatic heterocycles. The first-order valence-corrected chi connectivity index (χ1v) is 26.1. The molecule has 13 aromatic rings. The molecular formula is C74H52N2. The maximum absolute atomic E-state index is 2.40. The highest BCUT2D eigenvalue weighted by atomic mass is 15.1. The number of fused-ring (bicyclic) bond motifs is 2. The monoisotopic (exact) mass is 968 g/mol. The molecule has 0 N–H and O–H groups in total. The van der Waals surface area contributed by atoms with Gasteiger partial charge in [0.15, 0.2) is 0 Å². The Morgan fingerprint density at radius 3 is 0.711 bits per heavy atom. The van der Waals surface area contributed by atoms with Crippen LogP contribution in [0, 0.1) is 0 Å². The lowest BCUT2D eigenvalue weighted by Crippen LogP contribution is -2.10. The molecule has 13 rings (SSSR count). The topological polar surface area (TPSA) is 6.48 Å². The van der Waals surface area contributed by atoms with Crippen LogP contribution in [0.25, 0.3) is 88.3 Å². The summed E-state index contributed by atoms with van der Waals surface area (Å²) in [5.74, 6) is 0. The molecular weight excluding hydrogens is 917 g/mol. The van der Waals surface area contributed by atoms with E-state index in [1.54, 1.807) is 0 Å². The maximum Gasteiger partial charge on any atom is 0.0540 e. The largest absolute Gasteiger partial charge is 0.310 e. The number of hydrogen-bond donors (Lipinski definition) is 0. The Morgan fingerprint density at radius 2 is 0.382 bits per heavy atom. The lowest BCUT2D eigenvalue weighted by atomic mass is 9.93. The fraction of sp³-hybridized carbons (Fsp3) is 0. The highest BCUT2D eigenvalue weighted by molar-refractivity contribution is 6.08. The maximum atomic E-state index is 2.40. The Bertz CT molecular complexity index is 3830. The molecule has 2 nitrogen and oxygen atoms in total. The Morgan fingerprint density at radius 1 is 0.145 bits per heavy atom. The molecule has 0 aliphatic heterocycles. The van der Waals surface area contributed by atoms with Crippen molar-refractivity contribution in [2.24, 2.45) is 0 Å². The van der Waals surface area contributed by atoms with Crippen LogP contribution >= 0.6 is 0 Å². The van der Waals surface area contributed by atoms with E-state index in [1.807, 2.05) is 0 Å². The fourth-order valence-electron chi connectivity index (χ4n) is 11.0. The fourth-order valence-corrected chi connectivity index (χ4v) is 11.0. The zero-order valence-electron chi connectivity index (χ0n) is 41.9. The number of nitrogens with zero attached hydrogens (tertiary/aromatic N) is 2. The van der Waals surface area contributed by atoms with Gasteiger partial charge in [-0.05, 0) is 138 Å². The molecule has 0 aliphatic rings. The third-order valence-corrected chi connectivity index (χ3v) is 14.7. The predicted octanol–water partition coefficient (Wildman–Crippen LogP) is 20.9. The Labute approximate surface area is 445 Å². The molecule has 0 radical (unpaired) electrons. The molecule has 0 heterocycles. The second-order valence-electron chi connectivity index (χ2n) is 19.2. The van der Waals surface area contributed by atoms with Gasteiger partial charge in [-0.3, -0.25) is 0 Å². The molecule has 0 saturated heterocycles. The molecule has 358 valence electrons. The Kier molecular flexibility index (Phi) is 12.3. The zero-order chi connectivity index (χ0) is 50.6. The highest BCUT2D eigenvalue weighted by Crippen LogP contribution is 2.46. The number of rotatable bonds is 12. The minimum atomic E-state index is 1.08. The van der Waals surface area contributed by atoms with Gasteiger partial charge >= 0.3 is 0 Å². The van der Waals surface area contributed by atoms with Gasteiger partial charge < -0.3 is 9.80 Å². The first-order valence-electron chi connectivity index (χ1n) is 26.1. The van der Waals surface area contributed by atoms with Crippen LogP contribution < -0.4 is 9.80 Å². The minimum Gasteiger partial charge on any atom is -0.310 e. The van der Waals surface area contributed by atoms with E-state index >= 15 is 0 Å². The van der Waals surface area contributed by atoms with Crippen molar-refractivity contribution in [1.82, 2.24) is 0 Å². The molecule has 0 unspecified atom stereocenters. The quantitative estimate of drug-likeness (QED) is 0.120. The molecule has 0 amide bonds. The van der Waals surface area contributed by atoms with Crippen LogP contribution in [0.1, 0.15) is 0 Å². The average molecular weight is 969 g/mol. The van der Waals surface area contributed by atoms with Gasteiger partial charge in [-0.25, -0.2) is 0 Å². The first kappa shape index (κ1) is 45.8. The van der Waals surface area contributed by atoms with Gasteiger partial charge in [-0.1, -0.05) is 255 Å². The summed E-state index contributed by atoms with van der Waals surface area (Å²) in [4.78, 5) is 4.80. The molecule has 76 heavy (non-hydrogen) atoms. The van der Waals surface area contributed by atoms with E-state index in [2.05, 4.69) is 325 Å². The van der Waals surface area contributed by atoms with E-state index in [0.717, 1.165) is 45.3 Å². The molecule has 0 bridgehead atoms. The molecule has 0 aliphatic carbocycles. The van der Waals surface area contributed by atoms with Crippen molar-refractivity contribution in [2.45, 2.75) is 0 Å². The van der Waals surface area contributed by atoms with E-state index in [1.165, 1.54) is 77.2 Å². The van der Waals surface area contributed by atoms with Crippen LogP contribution in [0.15, 0.2) is 315 Å². The average Bonchev–Trinajstić information content (AvgIpc) is 3.53. The summed E-state index contributed by atoms with van der Waals surface area (Å²) < 4.78 is 0. The zero-order valence-corrected chi connectivity index (χ0v) is 41.9. The lowest BCUT2D eigenvalue weighted by Gasteiger charge is -2.28. The van der Waals surface area contributed by atoms with Gasteiger partial charge in [0.05, 0.1) is 11.4 Å². The summed E-state index contributed by atoms with van der Waals surface area (Å²) in [6, 6.07) is 114. The second kappa shape index (κ2) is 20.5. The third-order valence-electron chi connectivity index (χ3n) is 14.7. The first-order chi connectivity index (χ1) is 37.7. The number of benzene rings is 13. The van der Waals surface area contributed by atoms with Gasteiger partial charge in [-0.2, -0.15) is 0 Å². The molecule has 13 aromatic carbocycles. The molecule has 0 atom stereocenters. The highest BCUT2D eigenvalue weighted by Gasteiger charge is 2.21. The van der Waals surface area contributed by atoms with Crippen molar-refractivity contribution >= 4 is 55.7 Å². The van der Waals surface area contributed by atoms with E-state index < -0.39 is 0 Å². The lowest BCUT2D eigenvalue weighted by molar-refractivity contribution is 1.30. The van der Waals surface area contributed by atoms with Gasteiger partial charge in [0, 0.05) is 33.5 Å². The summed E-state index contributed by atoms with van der Waals surface area (Å²) in [6.45, 7) is 0. The van der Waals surface area contributed by atoms with Crippen molar-refractivity contribution in [1.29, 1.82) is 0 Å². The van der Waals surface area contributed by atoms with Crippen molar-refractivity contribution in [3.05, 3.63) is 315 Å². The normalized spacial score (nSPS) is 11.2. The SMILES string of the molecule is c1ccc(-c2ccc(N(c3ccc(-c4ccccc4-c4ccc(N(c5ccc(-c6ccccc6)cc5)c5ccc(-c6ccccc6)c6ccccc56)cc4)cc3)c3ccc(-c4ccccc4)c4ccccc34)cc2)cc1. The van der Waals surface area contributed by atoms with Gasteiger partial charge in [-0.15, -0.1) is 0 Å².